The number of hydrogen-bond donors (Lipinski definition) is 2. The smallest absolute Gasteiger partial charge is 0.329 e. The van der Waals surface area contributed by atoms with Crippen LogP contribution in [0.4, 0.5) is 0 Å². The summed E-state index contributed by atoms with van der Waals surface area (Å²) in [6.45, 7) is 5.31. The van der Waals surface area contributed by atoms with Gasteiger partial charge < -0.3 is 10.4 Å². The molecule has 1 fully saturated rings. The second-order valence-electron chi connectivity index (χ2n) is 3.67. The van der Waals surface area contributed by atoms with E-state index in [0.717, 1.165) is 12.6 Å². The zero-order valence-electron chi connectivity index (χ0n) is 8.57. The molecule has 0 saturated carbocycles. The van der Waals surface area contributed by atoms with E-state index in [9.17, 15) is 4.79 Å². The number of carbonyl (C=O) groups is 1. The van der Waals surface area contributed by atoms with Crippen molar-refractivity contribution in [2.75, 3.05) is 19.6 Å². The molecule has 1 aliphatic rings. The lowest BCUT2D eigenvalue weighted by Crippen LogP contribution is -2.37. The summed E-state index contributed by atoms with van der Waals surface area (Å²) in [7, 11) is 0. The fourth-order valence-electron chi connectivity index (χ4n) is 1.68. The van der Waals surface area contributed by atoms with Crippen molar-refractivity contribution in [2.45, 2.75) is 25.8 Å². The maximum absolute atomic E-state index is 10.2. The van der Waals surface area contributed by atoms with Crippen molar-refractivity contribution >= 4 is 5.97 Å². The summed E-state index contributed by atoms with van der Waals surface area (Å²) in [6, 6.07) is 0.482. The van der Waals surface area contributed by atoms with Crippen LogP contribution in [0.25, 0.3) is 0 Å². The quantitative estimate of drug-likeness (QED) is 0.637. The summed E-state index contributed by atoms with van der Waals surface area (Å²) in [5.74, 6) is -0.911. The predicted molar refractivity (Wildman–Crippen MR) is 55.0 cm³/mol. The molecule has 0 amide bonds. The van der Waals surface area contributed by atoms with E-state index >= 15 is 0 Å². The molecule has 1 heterocycles. The monoisotopic (exact) mass is 198 g/mol. The van der Waals surface area contributed by atoms with Gasteiger partial charge in [-0.15, -0.1) is 0 Å². The maximum Gasteiger partial charge on any atom is 0.329 e. The first-order valence-corrected chi connectivity index (χ1v) is 5.07. The first-order chi connectivity index (χ1) is 6.70. The third-order valence-electron chi connectivity index (χ3n) is 2.52. The van der Waals surface area contributed by atoms with Crippen LogP contribution in [0, 0.1) is 0 Å². The van der Waals surface area contributed by atoms with Crippen LogP contribution in [0.3, 0.4) is 0 Å². The molecule has 1 unspecified atom stereocenters. The molecule has 1 rings (SSSR count). The molecule has 2 N–H and O–H groups in total. The van der Waals surface area contributed by atoms with Gasteiger partial charge >= 0.3 is 5.97 Å². The number of nitrogens with one attached hydrogen (secondary N) is 1. The van der Waals surface area contributed by atoms with Gasteiger partial charge in [0.05, 0.1) is 0 Å². The fourth-order valence-corrected chi connectivity index (χ4v) is 1.68. The first-order valence-electron chi connectivity index (χ1n) is 5.07. The Morgan fingerprint density at radius 2 is 2.21 bits per heavy atom. The van der Waals surface area contributed by atoms with Crippen molar-refractivity contribution in [3.8, 4) is 0 Å². The molecule has 1 aliphatic heterocycles. The summed E-state index contributed by atoms with van der Waals surface area (Å²) >= 11 is 0. The van der Waals surface area contributed by atoms with Gasteiger partial charge in [-0.1, -0.05) is 0 Å². The number of carboxylic acids is 1. The Kier molecular flexibility index (Phi) is 4.46. The van der Waals surface area contributed by atoms with E-state index in [1.807, 2.05) is 0 Å². The Balaban J connectivity index is 2.14. The highest BCUT2D eigenvalue weighted by molar-refractivity contribution is 5.79. The van der Waals surface area contributed by atoms with E-state index in [1.165, 1.54) is 32.1 Å². The average molecular weight is 198 g/mol. The summed E-state index contributed by atoms with van der Waals surface area (Å²) in [5.41, 5.74) is 0. The van der Waals surface area contributed by atoms with E-state index in [4.69, 9.17) is 5.11 Å². The van der Waals surface area contributed by atoms with Gasteiger partial charge in [0.1, 0.15) is 0 Å². The molecule has 0 radical (unpaired) electrons. The highest BCUT2D eigenvalue weighted by atomic mass is 16.4. The maximum atomic E-state index is 10.2. The highest BCUT2D eigenvalue weighted by Gasteiger charge is 2.16. The van der Waals surface area contributed by atoms with E-state index in [-0.39, 0.29) is 0 Å². The van der Waals surface area contributed by atoms with E-state index in [2.05, 4.69) is 17.1 Å². The third-order valence-corrected chi connectivity index (χ3v) is 2.52. The molecule has 0 aliphatic carbocycles. The van der Waals surface area contributed by atoms with Crippen LogP contribution in [0.1, 0.15) is 19.8 Å². The minimum Gasteiger partial charge on any atom is -0.478 e. The van der Waals surface area contributed by atoms with E-state index in [0.29, 0.717) is 6.04 Å². The molecule has 0 aromatic carbocycles. The third kappa shape index (κ3) is 3.79. The normalized spacial score (nSPS) is 20.1. The minimum absolute atomic E-state index is 0.482. The molecule has 4 heteroatoms. The van der Waals surface area contributed by atoms with Crippen LogP contribution in [0.2, 0.25) is 0 Å². The lowest BCUT2D eigenvalue weighted by molar-refractivity contribution is -0.131. The topological polar surface area (TPSA) is 52.6 Å². The summed E-state index contributed by atoms with van der Waals surface area (Å²) in [4.78, 5) is 12.6. The number of nitrogens with zero attached hydrogens (tertiary/aromatic N) is 1. The van der Waals surface area contributed by atoms with Gasteiger partial charge in [0.25, 0.3) is 0 Å². The molecule has 1 atom stereocenters. The lowest BCUT2D eigenvalue weighted by atomic mass is 10.3. The van der Waals surface area contributed by atoms with Crippen LogP contribution in [-0.2, 0) is 4.79 Å². The molecular weight excluding hydrogens is 180 g/mol. The second-order valence-corrected chi connectivity index (χ2v) is 3.67. The predicted octanol–water partition coefficient (Wildman–Crippen LogP) is 0.659. The van der Waals surface area contributed by atoms with Crippen molar-refractivity contribution in [2.24, 2.45) is 0 Å². The van der Waals surface area contributed by atoms with Gasteiger partial charge in [-0.3, -0.25) is 4.90 Å². The lowest BCUT2D eigenvalue weighted by Gasteiger charge is -2.23. The minimum atomic E-state index is -0.911. The highest BCUT2D eigenvalue weighted by Crippen LogP contribution is 2.10. The van der Waals surface area contributed by atoms with Crippen molar-refractivity contribution < 1.29 is 9.90 Å². The molecule has 0 aromatic rings. The number of likely N-dealkylation sites (tertiary alicyclic amines) is 1. The molecule has 0 bridgehead atoms. The van der Waals surface area contributed by atoms with Crippen LogP contribution >= 0.6 is 0 Å². The van der Waals surface area contributed by atoms with Crippen molar-refractivity contribution in [3.05, 3.63) is 12.3 Å². The molecule has 0 spiro atoms. The molecule has 80 valence electrons. The molecule has 0 aromatic heterocycles. The standard InChI is InChI=1S/C10H18N2O2/c1-9(12-6-2-3-7-12)8-11-5-4-10(13)14/h4-5,9,11H,2-3,6-8H2,1H3,(H,13,14)/b5-4+. The Labute approximate surface area is 84.6 Å². The summed E-state index contributed by atoms with van der Waals surface area (Å²) < 4.78 is 0. The van der Waals surface area contributed by atoms with Crippen LogP contribution in [0.15, 0.2) is 12.3 Å². The van der Waals surface area contributed by atoms with E-state index < -0.39 is 5.97 Å². The first kappa shape index (κ1) is 11.0. The van der Waals surface area contributed by atoms with Gasteiger partial charge in [-0.05, 0) is 32.9 Å². The number of aliphatic carboxylic acids is 1. The molecule has 1 saturated heterocycles. The largest absolute Gasteiger partial charge is 0.478 e. The Hall–Kier alpha value is -1.03. The van der Waals surface area contributed by atoms with E-state index in [1.54, 1.807) is 0 Å². The SMILES string of the molecule is CC(CN/C=C/C(=O)O)N1CCCC1. The van der Waals surface area contributed by atoms with Gasteiger partial charge in [-0.25, -0.2) is 4.79 Å². The molecular formula is C10H18N2O2. The van der Waals surface area contributed by atoms with Crippen LogP contribution in [0.5, 0.6) is 0 Å². The summed E-state index contributed by atoms with van der Waals surface area (Å²) in [6.07, 6.45) is 5.19. The number of hydrogen-bond acceptors (Lipinski definition) is 3. The van der Waals surface area contributed by atoms with Gasteiger partial charge in [0.15, 0.2) is 0 Å². The number of rotatable bonds is 5. The fraction of sp³-hybridized carbons (Fsp3) is 0.700. The van der Waals surface area contributed by atoms with Crippen molar-refractivity contribution in [1.82, 2.24) is 10.2 Å². The van der Waals surface area contributed by atoms with Crippen LogP contribution in [-0.4, -0.2) is 41.7 Å². The average Bonchev–Trinajstić information content (AvgIpc) is 2.64. The zero-order valence-corrected chi connectivity index (χ0v) is 8.57. The number of carboxylic acid groups (broad SMARTS) is 1. The Morgan fingerprint density at radius 1 is 1.57 bits per heavy atom. The van der Waals surface area contributed by atoms with Gasteiger partial charge in [0, 0.05) is 24.9 Å². The zero-order chi connectivity index (χ0) is 10.4. The summed E-state index contributed by atoms with van der Waals surface area (Å²) in [5, 5.41) is 11.3. The Bertz CT molecular complexity index is 210. The Morgan fingerprint density at radius 3 is 2.79 bits per heavy atom. The van der Waals surface area contributed by atoms with Crippen molar-refractivity contribution in [1.29, 1.82) is 0 Å². The van der Waals surface area contributed by atoms with Crippen LogP contribution < -0.4 is 5.32 Å². The molecule has 14 heavy (non-hydrogen) atoms. The molecule has 4 nitrogen and oxygen atoms in total. The van der Waals surface area contributed by atoms with Gasteiger partial charge in [-0.2, -0.15) is 0 Å². The van der Waals surface area contributed by atoms with Crippen molar-refractivity contribution in [3.63, 3.8) is 0 Å². The van der Waals surface area contributed by atoms with Gasteiger partial charge in [0.2, 0.25) is 0 Å². The second kappa shape index (κ2) is 5.65.